The van der Waals surface area contributed by atoms with E-state index in [1.54, 1.807) is 0 Å². The van der Waals surface area contributed by atoms with Gasteiger partial charge in [-0.25, -0.2) is 0 Å². The summed E-state index contributed by atoms with van der Waals surface area (Å²) in [4.78, 5) is 44.2. The highest BCUT2D eigenvalue weighted by Crippen LogP contribution is 2.43. The molecule has 196 valence electrons. The van der Waals surface area contributed by atoms with Crippen LogP contribution in [0.4, 0.5) is 0 Å². The molecule has 1 aliphatic rings. The van der Waals surface area contributed by atoms with Crippen LogP contribution >= 0.6 is 0 Å². The van der Waals surface area contributed by atoms with E-state index in [-0.39, 0.29) is 12.8 Å². The third kappa shape index (κ3) is 10.0. The second kappa shape index (κ2) is 15.7. The fourth-order valence-electron chi connectivity index (χ4n) is 5.87. The number of carboxylic acid groups (broad SMARTS) is 4. The monoisotopic (exact) mass is 484 g/mol. The largest absolute Gasteiger partial charge is 0.481 e. The van der Waals surface area contributed by atoms with Gasteiger partial charge in [0, 0.05) is 0 Å². The molecule has 0 heterocycles. The summed E-state index contributed by atoms with van der Waals surface area (Å²) in [6, 6.07) is 0. The Balaban J connectivity index is 2.59. The molecule has 0 aliphatic heterocycles. The van der Waals surface area contributed by atoms with Crippen molar-refractivity contribution in [2.75, 3.05) is 0 Å². The van der Waals surface area contributed by atoms with Gasteiger partial charge in [0.05, 0.1) is 0 Å². The van der Waals surface area contributed by atoms with Gasteiger partial charge in [0.2, 0.25) is 0 Å². The average Bonchev–Trinajstić information content (AvgIpc) is 2.90. The van der Waals surface area contributed by atoms with Crippen LogP contribution in [0.1, 0.15) is 104 Å². The second-order valence-corrected chi connectivity index (χ2v) is 10.1. The normalized spacial score (nSPS) is 23.1. The Bertz CT molecular complexity index is 633. The van der Waals surface area contributed by atoms with E-state index in [1.165, 1.54) is 19.3 Å². The molecule has 0 amide bonds. The van der Waals surface area contributed by atoms with Gasteiger partial charge in [-0.1, -0.05) is 78.1 Å². The highest BCUT2D eigenvalue weighted by atomic mass is 16.4. The minimum atomic E-state index is -1.32. The zero-order valence-electron chi connectivity index (χ0n) is 20.8. The molecule has 0 bridgehead atoms. The Morgan fingerprint density at radius 2 is 1.12 bits per heavy atom. The standard InChI is InChI=1S/C26H44O8/c1-3-18-12-10-11-17(2)19(13-6-4-8-15-21(23(27)28)24(29)30)20(18)14-7-5-9-16-22(25(31)32)26(33)34/h17-22H,3-16H2,1-2H3,(H,27,28)(H,29,30)(H,31,32)(H,33,34). The van der Waals surface area contributed by atoms with Gasteiger partial charge in [-0.05, 0) is 49.4 Å². The first-order chi connectivity index (χ1) is 16.1. The quantitative estimate of drug-likeness (QED) is 0.119. The van der Waals surface area contributed by atoms with Crippen molar-refractivity contribution < 1.29 is 39.6 Å². The SMILES string of the molecule is CCC1CCCC(C)C(CCCCCC(C(=O)O)C(=O)O)C1CCCCCC(C(=O)O)C(=O)O. The lowest BCUT2D eigenvalue weighted by molar-refractivity contribution is -0.156. The van der Waals surface area contributed by atoms with Crippen LogP contribution in [-0.4, -0.2) is 44.3 Å². The molecule has 0 spiro atoms. The number of carboxylic acids is 4. The summed E-state index contributed by atoms with van der Waals surface area (Å²) in [5.41, 5.74) is 0. The van der Waals surface area contributed by atoms with Crippen LogP contribution in [0.2, 0.25) is 0 Å². The first-order valence-electron chi connectivity index (χ1n) is 13.0. The maximum absolute atomic E-state index is 11.1. The number of aliphatic carboxylic acids is 4. The van der Waals surface area contributed by atoms with Gasteiger partial charge in [-0.15, -0.1) is 0 Å². The van der Waals surface area contributed by atoms with Crippen molar-refractivity contribution in [1.82, 2.24) is 0 Å². The van der Waals surface area contributed by atoms with Crippen molar-refractivity contribution in [2.24, 2.45) is 35.5 Å². The van der Waals surface area contributed by atoms with Gasteiger partial charge < -0.3 is 20.4 Å². The summed E-state index contributed by atoms with van der Waals surface area (Å²) < 4.78 is 0. The maximum Gasteiger partial charge on any atom is 0.317 e. The number of carbonyl (C=O) groups is 4. The van der Waals surface area contributed by atoms with Gasteiger partial charge in [0.15, 0.2) is 11.8 Å². The van der Waals surface area contributed by atoms with Crippen LogP contribution in [0, 0.1) is 35.5 Å². The minimum absolute atomic E-state index is 0.166. The smallest absolute Gasteiger partial charge is 0.317 e. The van der Waals surface area contributed by atoms with E-state index in [0.29, 0.717) is 36.5 Å². The molecule has 1 rings (SSSR count). The molecule has 0 saturated heterocycles. The van der Waals surface area contributed by atoms with E-state index >= 15 is 0 Å². The molecule has 0 radical (unpaired) electrons. The molecule has 1 saturated carbocycles. The van der Waals surface area contributed by atoms with Crippen LogP contribution < -0.4 is 0 Å². The van der Waals surface area contributed by atoms with E-state index in [1.807, 2.05) is 0 Å². The fourth-order valence-corrected chi connectivity index (χ4v) is 5.87. The number of hydrogen-bond acceptors (Lipinski definition) is 4. The Labute approximate surface area is 203 Å². The highest BCUT2D eigenvalue weighted by Gasteiger charge is 2.34. The molecular formula is C26H44O8. The van der Waals surface area contributed by atoms with Crippen LogP contribution in [-0.2, 0) is 19.2 Å². The first kappa shape index (κ1) is 29.9. The van der Waals surface area contributed by atoms with Gasteiger partial charge >= 0.3 is 23.9 Å². The summed E-state index contributed by atoms with van der Waals surface area (Å²) in [5, 5.41) is 36.1. The van der Waals surface area contributed by atoms with Gasteiger partial charge in [0.1, 0.15) is 0 Å². The molecule has 1 aliphatic carbocycles. The molecule has 4 N–H and O–H groups in total. The molecule has 4 atom stereocenters. The highest BCUT2D eigenvalue weighted by molar-refractivity contribution is 5.93. The molecule has 0 aromatic carbocycles. The number of rotatable bonds is 17. The van der Waals surface area contributed by atoms with Crippen molar-refractivity contribution in [1.29, 1.82) is 0 Å². The molecule has 8 heteroatoms. The lowest BCUT2D eigenvalue weighted by Gasteiger charge is -2.34. The summed E-state index contributed by atoms with van der Waals surface area (Å²) in [6.45, 7) is 4.57. The Hall–Kier alpha value is -2.12. The third-order valence-corrected chi connectivity index (χ3v) is 7.90. The zero-order valence-corrected chi connectivity index (χ0v) is 20.8. The number of hydrogen-bond donors (Lipinski definition) is 4. The fraction of sp³-hybridized carbons (Fsp3) is 0.846. The lowest BCUT2D eigenvalue weighted by Crippen LogP contribution is -2.26. The van der Waals surface area contributed by atoms with Gasteiger partial charge in [-0.3, -0.25) is 19.2 Å². The van der Waals surface area contributed by atoms with Crippen molar-refractivity contribution in [3.05, 3.63) is 0 Å². The summed E-state index contributed by atoms with van der Waals surface area (Å²) in [6.07, 6.45) is 12.0. The van der Waals surface area contributed by atoms with Crippen molar-refractivity contribution >= 4 is 23.9 Å². The van der Waals surface area contributed by atoms with Crippen molar-refractivity contribution in [3.8, 4) is 0 Å². The Kier molecular flexibility index (Phi) is 13.8. The lowest BCUT2D eigenvalue weighted by atomic mass is 9.71. The molecular weight excluding hydrogens is 440 g/mol. The zero-order chi connectivity index (χ0) is 25.7. The third-order valence-electron chi connectivity index (χ3n) is 7.90. The first-order valence-corrected chi connectivity index (χ1v) is 13.0. The summed E-state index contributed by atoms with van der Waals surface area (Å²) in [7, 11) is 0. The summed E-state index contributed by atoms with van der Waals surface area (Å²) >= 11 is 0. The van der Waals surface area contributed by atoms with E-state index < -0.39 is 35.7 Å². The minimum Gasteiger partial charge on any atom is -0.481 e. The second-order valence-electron chi connectivity index (χ2n) is 10.1. The van der Waals surface area contributed by atoms with E-state index in [4.69, 9.17) is 20.4 Å². The molecule has 8 nitrogen and oxygen atoms in total. The molecule has 1 fully saturated rings. The van der Waals surface area contributed by atoms with Crippen LogP contribution in [0.25, 0.3) is 0 Å². The predicted molar refractivity (Wildman–Crippen MR) is 127 cm³/mol. The average molecular weight is 485 g/mol. The maximum atomic E-state index is 11.1. The van der Waals surface area contributed by atoms with Crippen molar-refractivity contribution in [2.45, 2.75) is 104 Å². The molecule has 0 aromatic rings. The van der Waals surface area contributed by atoms with Crippen molar-refractivity contribution in [3.63, 3.8) is 0 Å². The van der Waals surface area contributed by atoms with Gasteiger partial charge in [0.25, 0.3) is 0 Å². The number of unbranched alkanes of at least 4 members (excludes halogenated alkanes) is 4. The topological polar surface area (TPSA) is 149 Å². The predicted octanol–water partition coefficient (Wildman–Crippen LogP) is 5.54. The van der Waals surface area contributed by atoms with E-state index in [0.717, 1.165) is 44.9 Å². The Morgan fingerprint density at radius 1 is 0.676 bits per heavy atom. The van der Waals surface area contributed by atoms with E-state index in [9.17, 15) is 19.2 Å². The van der Waals surface area contributed by atoms with Crippen LogP contribution in [0.15, 0.2) is 0 Å². The Morgan fingerprint density at radius 3 is 1.53 bits per heavy atom. The van der Waals surface area contributed by atoms with Gasteiger partial charge in [-0.2, -0.15) is 0 Å². The summed E-state index contributed by atoms with van der Waals surface area (Å²) in [5.74, 6) is -5.30. The van der Waals surface area contributed by atoms with E-state index in [2.05, 4.69) is 13.8 Å². The molecule has 34 heavy (non-hydrogen) atoms. The van der Waals surface area contributed by atoms with Crippen LogP contribution in [0.5, 0.6) is 0 Å². The molecule has 4 unspecified atom stereocenters. The molecule has 0 aromatic heterocycles. The van der Waals surface area contributed by atoms with Crippen LogP contribution in [0.3, 0.4) is 0 Å².